The average molecular weight is 715 g/mol. The molecule has 0 saturated heterocycles. The fourth-order valence-electron chi connectivity index (χ4n) is 8.67. The molecule has 0 fully saturated rings. The van der Waals surface area contributed by atoms with E-state index in [9.17, 15) is 0 Å². The molecule has 4 heteroatoms. The van der Waals surface area contributed by atoms with Gasteiger partial charge in [-0.05, 0) is 68.9 Å². The number of para-hydroxylation sites is 2. The number of benzene rings is 9. The molecule has 0 N–H and O–H groups in total. The number of fused-ring (bicyclic) bond motifs is 12. The summed E-state index contributed by atoms with van der Waals surface area (Å²) in [5.74, 6) is 0. The van der Waals surface area contributed by atoms with Crippen molar-refractivity contribution in [1.29, 1.82) is 0 Å². The van der Waals surface area contributed by atoms with Crippen molar-refractivity contribution in [2.75, 3.05) is 0 Å². The van der Waals surface area contributed by atoms with E-state index in [1.54, 1.807) is 0 Å². The van der Waals surface area contributed by atoms with Gasteiger partial charge in [-0.2, -0.15) is 0 Å². The van der Waals surface area contributed by atoms with E-state index in [-0.39, 0.29) is 0 Å². The Bertz CT molecular complexity index is 3500. The molecule has 260 valence electrons. The molecule has 0 aliphatic heterocycles. The van der Waals surface area contributed by atoms with Gasteiger partial charge in [-0.1, -0.05) is 146 Å². The zero-order chi connectivity index (χ0) is 36.7. The number of nitrogens with zero attached hydrogens (tertiary/aromatic N) is 2. The maximum atomic E-state index is 6.62. The first-order chi connectivity index (χ1) is 27.7. The Labute approximate surface area is 320 Å². The molecule has 3 aromatic heterocycles. The summed E-state index contributed by atoms with van der Waals surface area (Å²) in [4.78, 5) is 10.2. The highest BCUT2D eigenvalue weighted by Crippen LogP contribution is 2.45. The molecule has 4 nitrogen and oxygen atoms in total. The van der Waals surface area contributed by atoms with Crippen LogP contribution in [0.5, 0.6) is 0 Å². The highest BCUT2D eigenvalue weighted by atomic mass is 16.3. The SMILES string of the molecule is c1cc(-c2ccc(-c3cccc(-c4c5oc6ccccc6c5cc5oc6ccccc6c45)c3)cc2)cc(-c2cnc3c4ccccc4c4ccccc4c3n2)c1. The van der Waals surface area contributed by atoms with Crippen molar-refractivity contribution in [3.63, 3.8) is 0 Å². The molecule has 12 rings (SSSR count). The quantitative estimate of drug-likeness (QED) is 0.170. The minimum absolute atomic E-state index is 0.854. The van der Waals surface area contributed by atoms with Crippen LogP contribution in [0.3, 0.4) is 0 Å². The second-order valence-electron chi connectivity index (χ2n) is 14.5. The lowest BCUT2D eigenvalue weighted by Crippen LogP contribution is -1.92. The second-order valence-corrected chi connectivity index (χ2v) is 14.5. The van der Waals surface area contributed by atoms with Crippen LogP contribution in [-0.2, 0) is 0 Å². The van der Waals surface area contributed by atoms with E-state index >= 15 is 0 Å². The van der Waals surface area contributed by atoms with Gasteiger partial charge in [-0.3, -0.25) is 4.98 Å². The van der Waals surface area contributed by atoms with E-state index in [0.29, 0.717) is 0 Å². The third kappa shape index (κ3) is 4.66. The lowest BCUT2D eigenvalue weighted by Gasteiger charge is -2.11. The molecule has 0 aliphatic rings. The third-order valence-electron chi connectivity index (χ3n) is 11.3. The summed E-state index contributed by atoms with van der Waals surface area (Å²) < 4.78 is 13.1. The van der Waals surface area contributed by atoms with Crippen LogP contribution in [0, 0.1) is 0 Å². The Hall–Kier alpha value is -7.56. The first kappa shape index (κ1) is 30.9. The molecule has 0 aliphatic carbocycles. The third-order valence-corrected chi connectivity index (χ3v) is 11.3. The Kier molecular flexibility index (Phi) is 6.60. The van der Waals surface area contributed by atoms with Gasteiger partial charge in [-0.15, -0.1) is 0 Å². The molecule has 0 unspecified atom stereocenters. The molecule has 56 heavy (non-hydrogen) atoms. The van der Waals surface area contributed by atoms with Crippen LogP contribution in [0.2, 0.25) is 0 Å². The van der Waals surface area contributed by atoms with Crippen LogP contribution in [-0.4, -0.2) is 9.97 Å². The van der Waals surface area contributed by atoms with Crippen molar-refractivity contribution >= 4 is 76.5 Å². The lowest BCUT2D eigenvalue weighted by atomic mass is 9.93. The normalized spacial score (nSPS) is 11.9. The molecular weight excluding hydrogens is 685 g/mol. The Morgan fingerprint density at radius 1 is 0.339 bits per heavy atom. The van der Waals surface area contributed by atoms with Crippen molar-refractivity contribution in [2.24, 2.45) is 0 Å². The van der Waals surface area contributed by atoms with Crippen molar-refractivity contribution in [1.82, 2.24) is 9.97 Å². The van der Waals surface area contributed by atoms with Crippen LogP contribution in [0.15, 0.2) is 191 Å². The van der Waals surface area contributed by atoms with Gasteiger partial charge < -0.3 is 8.83 Å². The Morgan fingerprint density at radius 2 is 0.875 bits per heavy atom. The number of aromatic nitrogens is 2. The first-order valence-corrected chi connectivity index (χ1v) is 18.9. The van der Waals surface area contributed by atoms with Crippen molar-refractivity contribution < 1.29 is 8.83 Å². The summed E-state index contributed by atoms with van der Waals surface area (Å²) in [5.41, 5.74) is 13.8. The van der Waals surface area contributed by atoms with Gasteiger partial charge in [0.15, 0.2) is 0 Å². The molecular formula is C52H30N2O2. The summed E-state index contributed by atoms with van der Waals surface area (Å²) in [7, 11) is 0. The van der Waals surface area contributed by atoms with Crippen molar-refractivity contribution in [2.45, 2.75) is 0 Å². The summed E-state index contributed by atoms with van der Waals surface area (Å²) >= 11 is 0. The standard InChI is InChI=1S/C52H30N2O2/c1-3-18-40-37(15-1)38-16-2-4-19-41(38)51-50(40)53-30-44(54-51)35-13-9-11-33(27-35)31-23-25-32(26-24-31)34-12-10-14-36(28-34)48-49-42-20-6-8-22-46(42)55-47(49)29-43-39-17-5-7-21-45(39)56-52(43)48/h1-30H. The smallest absolute Gasteiger partial charge is 0.144 e. The van der Waals surface area contributed by atoms with E-state index in [2.05, 4.69) is 152 Å². The van der Waals surface area contributed by atoms with Gasteiger partial charge in [-0.25, -0.2) is 4.98 Å². The molecule has 0 spiro atoms. The van der Waals surface area contributed by atoms with E-state index < -0.39 is 0 Å². The van der Waals surface area contributed by atoms with E-state index in [1.165, 1.54) is 10.8 Å². The van der Waals surface area contributed by atoms with Gasteiger partial charge >= 0.3 is 0 Å². The second kappa shape index (κ2) is 12.0. The number of hydrogen-bond donors (Lipinski definition) is 0. The van der Waals surface area contributed by atoms with E-state index in [1.807, 2.05) is 30.5 Å². The highest BCUT2D eigenvalue weighted by Gasteiger charge is 2.21. The molecule has 9 aromatic carbocycles. The van der Waals surface area contributed by atoms with Crippen molar-refractivity contribution in [3.05, 3.63) is 182 Å². The topological polar surface area (TPSA) is 52.1 Å². The van der Waals surface area contributed by atoms with E-state index in [4.69, 9.17) is 18.8 Å². The zero-order valence-corrected chi connectivity index (χ0v) is 30.0. The van der Waals surface area contributed by atoms with Gasteiger partial charge in [0.05, 0.1) is 22.9 Å². The van der Waals surface area contributed by atoms with Gasteiger partial charge in [0, 0.05) is 43.4 Å². The average Bonchev–Trinajstić information content (AvgIpc) is 3.84. The number of hydrogen-bond acceptors (Lipinski definition) is 4. The molecule has 3 heterocycles. The maximum absolute atomic E-state index is 6.62. The summed E-state index contributed by atoms with van der Waals surface area (Å²) in [6.45, 7) is 0. The van der Waals surface area contributed by atoms with Crippen LogP contribution >= 0.6 is 0 Å². The Balaban J connectivity index is 0.934. The van der Waals surface area contributed by atoms with E-state index in [0.717, 1.165) is 110 Å². The minimum Gasteiger partial charge on any atom is -0.456 e. The minimum atomic E-state index is 0.854. The molecule has 0 radical (unpaired) electrons. The predicted molar refractivity (Wildman–Crippen MR) is 231 cm³/mol. The molecule has 0 bridgehead atoms. The fourth-order valence-corrected chi connectivity index (χ4v) is 8.67. The molecule has 0 amide bonds. The summed E-state index contributed by atoms with van der Waals surface area (Å²) in [6.07, 6.45) is 1.91. The molecule has 0 saturated carbocycles. The Morgan fingerprint density at radius 3 is 1.57 bits per heavy atom. The largest absolute Gasteiger partial charge is 0.456 e. The van der Waals surface area contributed by atoms with Crippen LogP contribution < -0.4 is 0 Å². The number of furan rings is 2. The summed E-state index contributed by atoms with van der Waals surface area (Å²) in [5, 5.41) is 8.90. The zero-order valence-electron chi connectivity index (χ0n) is 30.0. The van der Waals surface area contributed by atoms with Crippen LogP contribution in [0.4, 0.5) is 0 Å². The van der Waals surface area contributed by atoms with Crippen LogP contribution in [0.25, 0.3) is 121 Å². The van der Waals surface area contributed by atoms with Gasteiger partial charge in [0.1, 0.15) is 22.3 Å². The van der Waals surface area contributed by atoms with Gasteiger partial charge in [0.25, 0.3) is 0 Å². The number of rotatable bonds is 4. The predicted octanol–water partition coefficient (Wildman–Crippen LogP) is 14.4. The first-order valence-electron chi connectivity index (χ1n) is 18.9. The monoisotopic (exact) mass is 714 g/mol. The maximum Gasteiger partial charge on any atom is 0.144 e. The lowest BCUT2D eigenvalue weighted by molar-refractivity contribution is 0.664. The summed E-state index contributed by atoms with van der Waals surface area (Å²) in [6, 6.07) is 61.7. The molecule has 0 atom stereocenters. The molecule has 12 aromatic rings. The fraction of sp³-hybridized carbons (Fsp3) is 0. The van der Waals surface area contributed by atoms with Crippen molar-refractivity contribution in [3.8, 4) is 44.6 Å². The van der Waals surface area contributed by atoms with Crippen LogP contribution in [0.1, 0.15) is 0 Å². The highest BCUT2D eigenvalue weighted by molar-refractivity contribution is 6.24. The van der Waals surface area contributed by atoms with Gasteiger partial charge in [0.2, 0.25) is 0 Å².